The number of rotatable bonds is 1. The van der Waals surface area contributed by atoms with Crippen molar-refractivity contribution in [2.75, 3.05) is 0 Å². The molecule has 1 rings (SSSR count). The molecule has 46 valence electrons. The molecule has 0 fully saturated rings. The van der Waals surface area contributed by atoms with Gasteiger partial charge in [-0.3, -0.25) is 0 Å². The topological polar surface area (TPSA) is 63.4 Å². The third-order valence-corrected chi connectivity index (χ3v) is 0.705. The molecular formula is C3H2ClN5. The largest absolute Gasteiger partial charge is 0.200 e. The van der Waals surface area contributed by atoms with Gasteiger partial charge in [0.15, 0.2) is 0 Å². The first-order chi connectivity index (χ1) is 4.43. The molecular weight excluding hydrogens is 142 g/mol. The van der Waals surface area contributed by atoms with Crippen LogP contribution in [0.3, 0.4) is 0 Å². The summed E-state index contributed by atoms with van der Waals surface area (Å²) in [6.07, 6.45) is 1.45. The fraction of sp³-hybridized carbons (Fsp3) is 0. The normalized spacial score (nSPS) is 10.3. The molecule has 0 amide bonds. The van der Waals surface area contributed by atoms with Gasteiger partial charge in [0.2, 0.25) is 5.82 Å². The average Bonchev–Trinajstić information content (AvgIpc) is 1.91. The van der Waals surface area contributed by atoms with Crippen LogP contribution >= 0.6 is 11.8 Å². The first-order valence-electron chi connectivity index (χ1n) is 2.10. The maximum absolute atomic E-state index is 4.91. The first-order valence-corrected chi connectivity index (χ1v) is 2.43. The number of hydrogen-bond donors (Lipinski definition) is 0. The van der Waals surface area contributed by atoms with Crippen LogP contribution in [0.15, 0.2) is 22.0 Å². The molecule has 0 radical (unpaired) electrons. The number of aromatic nitrogens is 3. The Morgan fingerprint density at radius 3 is 3.00 bits per heavy atom. The Kier molecular flexibility index (Phi) is 2.03. The molecule has 1 aromatic heterocycles. The number of nitrogens with zero attached hydrogens (tertiary/aromatic N) is 5. The van der Waals surface area contributed by atoms with Crippen LogP contribution in [0.25, 0.3) is 0 Å². The Balaban J connectivity index is 2.85. The van der Waals surface area contributed by atoms with Gasteiger partial charge in [-0.1, -0.05) is 4.63 Å². The molecule has 0 aliphatic heterocycles. The Bertz CT molecular complexity index is 197. The quantitative estimate of drug-likeness (QED) is 0.553. The lowest BCUT2D eigenvalue weighted by Gasteiger charge is -1.80. The molecule has 6 heteroatoms. The maximum atomic E-state index is 4.91. The van der Waals surface area contributed by atoms with Crippen molar-refractivity contribution in [1.82, 2.24) is 15.4 Å². The van der Waals surface area contributed by atoms with Crippen LogP contribution in [0.5, 0.6) is 0 Å². The van der Waals surface area contributed by atoms with E-state index < -0.39 is 0 Å². The first kappa shape index (κ1) is 6.03. The smallest absolute Gasteiger partial charge is 0.139 e. The third-order valence-electron chi connectivity index (χ3n) is 0.629. The molecule has 0 aliphatic rings. The Hall–Kier alpha value is -1.10. The van der Waals surface area contributed by atoms with E-state index >= 15 is 0 Å². The lowest BCUT2D eigenvalue weighted by molar-refractivity contribution is 0.859. The van der Waals surface area contributed by atoms with Crippen LogP contribution in [-0.4, -0.2) is 15.4 Å². The summed E-state index contributed by atoms with van der Waals surface area (Å²) in [7, 11) is 0. The van der Waals surface area contributed by atoms with Crippen molar-refractivity contribution in [3.05, 3.63) is 12.3 Å². The maximum Gasteiger partial charge on any atom is 0.200 e. The van der Waals surface area contributed by atoms with Crippen LogP contribution in [0.1, 0.15) is 0 Å². The number of halogens is 1. The Labute approximate surface area is 55.9 Å². The van der Waals surface area contributed by atoms with Crippen LogP contribution in [-0.2, 0) is 0 Å². The minimum atomic E-state index is 0.347. The van der Waals surface area contributed by atoms with Gasteiger partial charge in [-0.05, 0) is 5.21 Å². The second kappa shape index (κ2) is 3.03. The summed E-state index contributed by atoms with van der Waals surface area (Å²) < 4.78 is 2.97. The lowest BCUT2D eigenvalue weighted by atomic mass is 10.6. The van der Waals surface area contributed by atoms with Crippen molar-refractivity contribution in [3.8, 4) is 0 Å². The fourth-order valence-corrected chi connectivity index (χ4v) is 0.404. The molecule has 0 saturated heterocycles. The highest BCUT2D eigenvalue weighted by molar-refractivity contribution is 6.14. The van der Waals surface area contributed by atoms with Gasteiger partial charge in [0.05, 0.1) is 18.0 Å². The Morgan fingerprint density at radius 1 is 1.56 bits per heavy atom. The van der Waals surface area contributed by atoms with Crippen LogP contribution in [0.2, 0.25) is 0 Å². The molecule has 0 saturated carbocycles. The molecule has 0 N–H and O–H groups in total. The summed E-state index contributed by atoms with van der Waals surface area (Å²) in [4.78, 5) is 0. The molecule has 0 aromatic carbocycles. The Morgan fingerprint density at radius 2 is 2.44 bits per heavy atom. The highest BCUT2D eigenvalue weighted by Crippen LogP contribution is 2.02. The summed E-state index contributed by atoms with van der Waals surface area (Å²) in [5.74, 6) is 0.347. The van der Waals surface area contributed by atoms with Crippen molar-refractivity contribution >= 4 is 17.6 Å². The molecule has 0 bridgehead atoms. The van der Waals surface area contributed by atoms with Gasteiger partial charge in [-0.25, -0.2) is 0 Å². The standard InChI is InChI=1S/C3H2ClN5/c4-8-6-3-1-2-5-9-7-3/h1-2H. The zero-order valence-electron chi connectivity index (χ0n) is 4.27. The summed E-state index contributed by atoms with van der Waals surface area (Å²) in [6, 6.07) is 1.54. The van der Waals surface area contributed by atoms with E-state index in [-0.39, 0.29) is 0 Å². The van der Waals surface area contributed by atoms with E-state index in [4.69, 9.17) is 11.8 Å². The van der Waals surface area contributed by atoms with Gasteiger partial charge in [-0.15, -0.1) is 15.3 Å². The van der Waals surface area contributed by atoms with E-state index in [1.54, 1.807) is 6.07 Å². The van der Waals surface area contributed by atoms with Gasteiger partial charge in [0.25, 0.3) is 0 Å². The minimum absolute atomic E-state index is 0.347. The fourth-order valence-electron chi connectivity index (χ4n) is 0.327. The second-order valence-electron chi connectivity index (χ2n) is 1.15. The van der Waals surface area contributed by atoms with Crippen molar-refractivity contribution in [2.24, 2.45) is 9.75 Å². The minimum Gasteiger partial charge on any atom is -0.139 e. The van der Waals surface area contributed by atoms with Crippen molar-refractivity contribution < 1.29 is 0 Å². The summed E-state index contributed by atoms with van der Waals surface area (Å²) >= 11 is 4.91. The molecule has 0 unspecified atom stereocenters. The predicted octanol–water partition coefficient (Wildman–Crippen LogP) is 1.11. The zero-order chi connectivity index (χ0) is 6.53. The third kappa shape index (κ3) is 1.69. The average molecular weight is 144 g/mol. The molecule has 1 heterocycles. The molecule has 9 heavy (non-hydrogen) atoms. The van der Waals surface area contributed by atoms with Crippen molar-refractivity contribution in [2.45, 2.75) is 0 Å². The lowest BCUT2D eigenvalue weighted by Crippen LogP contribution is -1.81. The monoisotopic (exact) mass is 143 g/mol. The zero-order valence-corrected chi connectivity index (χ0v) is 5.02. The summed E-state index contributed by atoms with van der Waals surface area (Å²) in [5.41, 5.74) is 0. The van der Waals surface area contributed by atoms with E-state index in [0.717, 1.165) is 0 Å². The van der Waals surface area contributed by atoms with Gasteiger partial charge < -0.3 is 0 Å². The van der Waals surface area contributed by atoms with Gasteiger partial charge in [-0.2, -0.15) is 0 Å². The molecule has 1 aromatic rings. The van der Waals surface area contributed by atoms with Crippen molar-refractivity contribution in [1.29, 1.82) is 0 Å². The van der Waals surface area contributed by atoms with Crippen LogP contribution < -0.4 is 0 Å². The van der Waals surface area contributed by atoms with E-state index in [2.05, 4.69) is 25.2 Å². The van der Waals surface area contributed by atoms with Gasteiger partial charge in [0, 0.05) is 6.07 Å². The summed E-state index contributed by atoms with van der Waals surface area (Å²) in [6.45, 7) is 0. The van der Waals surface area contributed by atoms with Gasteiger partial charge in [0.1, 0.15) is 0 Å². The van der Waals surface area contributed by atoms with Crippen LogP contribution in [0.4, 0.5) is 5.82 Å². The molecule has 5 nitrogen and oxygen atoms in total. The number of hydrogen-bond acceptors (Lipinski definition) is 5. The van der Waals surface area contributed by atoms with Crippen molar-refractivity contribution in [3.63, 3.8) is 0 Å². The molecule has 0 atom stereocenters. The van der Waals surface area contributed by atoms with E-state index in [1.807, 2.05) is 0 Å². The predicted molar refractivity (Wildman–Crippen MR) is 30.2 cm³/mol. The van der Waals surface area contributed by atoms with E-state index in [0.29, 0.717) is 5.82 Å². The van der Waals surface area contributed by atoms with Crippen LogP contribution in [0, 0.1) is 0 Å². The molecule has 0 aliphatic carbocycles. The van der Waals surface area contributed by atoms with E-state index in [1.165, 1.54) is 6.20 Å². The molecule has 0 spiro atoms. The summed E-state index contributed by atoms with van der Waals surface area (Å²) in [5, 5.41) is 13.6. The van der Waals surface area contributed by atoms with Gasteiger partial charge >= 0.3 is 0 Å². The van der Waals surface area contributed by atoms with E-state index in [9.17, 15) is 0 Å². The highest BCUT2D eigenvalue weighted by Gasteiger charge is 1.85. The SMILES string of the molecule is ClN=Nc1ccnnn1. The second-order valence-corrected chi connectivity index (χ2v) is 1.31. The highest BCUT2D eigenvalue weighted by atomic mass is 35.5.